The van der Waals surface area contributed by atoms with Crippen molar-refractivity contribution in [3.8, 4) is 11.5 Å². The second-order valence-electron chi connectivity index (χ2n) is 10.3. The van der Waals surface area contributed by atoms with Gasteiger partial charge in [-0.25, -0.2) is 0 Å². The molecule has 1 aliphatic heterocycles. The van der Waals surface area contributed by atoms with E-state index in [1.54, 1.807) is 23.5 Å². The summed E-state index contributed by atoms with van der Waals surface area (Å²) in [7, 11) is 0. The minimum absolute atomic E-state index is 0.0621. The Morgan fingerprint density at radius 3 is 2.65 bits per heavy atom. The fraction of sp³-hybridized carbons (Fsp3) is 0.344. The molecule has 0 amide bonds. The maximum Gasteiger partial charge on any atom is 0.194 e. The molecule has 1 aromatic heterocycles. The topological polar surface area (TPSA) is 58.6 Å². The largest absolute Gasteiger partial charge is 0.508 e. The van der Waals surface area contributed by atoms with Crippen LogP contribution in [0.25, 0.3) is 10.1 Å². The number of phenolic OH excluding ortho intramolecular Hbond substituents is 1. The summed E-state index contributed by atoms with van der Waals surface area (Å²) in [5, 5.41) is 14.6. The van der Waals surface area contributed by atoms with Gasteiger partial charge < -0.3 is 15.2 Å². The van der Waals surface area contributed by atoms with E-state index in [1.807, 2.05) is 30.3 Å². The van der Waals surface area contributed by atoms with E-state index in [0.717, 1.165) is 53.6 Å². The molecule has 2 aliphatic rings. The minimum Gasteiger partial charge on any atom is -0.508 e. The first-order valence-corrected chi connectivity index (χ1v) is 14.3. The Bertz CT molecular complexity index is 1400. The highest BCUT2D eigenvalue weighted by Gasteiger charge is 2.27. The fourth-order valence-corrected chi connectivity index (χ4v) is 7.39. The van der Waals surface area contributed by atoms with Crippen molar-refractivity contribution in [1.82, 2.24) is 5.32 Å². The number of benzene rings is 3. The van der Waals surface area contributed by atoms with Gasteiger partial charge in [-0.05, 0) is 85.3 Å². The first-order chi connectivity index (χ1) is 18.2. The molecule has 5 heteroatoms. The number of fused-ring (bicyclic) bond motifs is 2. The zero-order valence-electron chi connectivity index (χ0n) is 21.0. The molecule has 3 aromatic carbocycles. The van der Waals surface area contributed by atoms with E-state index in [2.05, 4.69) is 29.6 Å². The molecular formula is C32H33NO3S. The van der Waals surface area contributed by atoms with E-state index < -0.39 is 0 Å². The second-order valence-corrected chi connectivity index (χ2v) is 11.4. The van der Waals surface area contributed by atoms with Crippen LogP contribution >= 0.6 is 11.3 Å². The zero-order chi connectivity index (χ0) is 25.2. The maximum atomic E-state index is 13.8. The van der Waals surface area contributed by atoms with Gasteiger partial charge in [-0.1, -0.05) is 43.5 Å². The van der Waals surface area contributed by atoms with Gasteiger partial charge in [0.15, 0.2) is 5.78 Å². The third-order valence-electron chi connectivity index (χ3n) is 7.91. The Labute approximate surface area is 222 Å². The molecule has 2 heterocycles. The Morgan fingerprint density at radius 1 is 1.00 bits per heavy atom. The van der Waals surface area contributed by atoms with Crippen molar-refractivity contribution in [2.24, 2.45) is 0 Å². The Kier molecular flexibility index (Phi) is 6.99. The number of rotatable bonds is 7. The maximum absolute atomic E-state index is 13.8. The third-order valence-corrected chi connectivity index (χ3v) is 9.23. The minimum atomic E-state index is 0.0621. The highest BCUT2D eigenvalue weighted by atomic mass is 32.1. The van der Waals surface area contributed by atoms with Gasteiger partial charge in [-0.3, -0.25) is 4.79 Å². The van der Waals surface area contributed by atoms with Gasteiger partial charge in [-0.2, -0.15) is 0 Å². The average molecular weight is 512 g/mol. The number of ketones is 1. The van der Waals surface area contributed by atoms with Crippen LogP contribution in [-0.2, 0) is 6.42 Å². The Morgan fingerprint density at radius 2 is 1.81 bits per heavy atom. The molecule has 37 heavy (non-hydrogen) atoms. The summed E-state index contributed by atoms with van der Waals surface area (Å²) in [6.07, 6.45) is 7.94. The molecular weight excluding hydrogens is 478 g/mol. The molecule has 2 N–H and O–H groups in total. The van der Waals surface area contributed by atoms with Crippen molar-refractivity contribution < 1.29 is 14.6 Å². The predicted octanol–water partition coefficient (Wildman–Crippen LogP) is 7.54. The molecule has 4 aromatic rings. The molecule has 0 spiro atoms. The standard InChI is InChI=1S/C32H33NO3S/c34-24-12-15-27-29(20-24)37-32(23-7-2-1-3-8-23)30(27)31(35)22-10-13-25(14-11-22)36-19-17-28-26-9-5-4-6-21(26)16-18-33-28/h4-6,9-15,20,23,28,33-34H,1-3,7-8,16-19H2. The molecule has 1 aliphatic carbocycles. The van der Waals surface area contributed by atoms with Crippen molar-refractivity contribution in [2.45, 2.75) is 56.9 Å². The number of nitrogens with one attached hydrogen (secondary N) is 1. The summed E-state index contributed by atoms with van der Waals surface area (Å²) in [4.78, 5) is 15.0. The average Bonchev–Trinajstić information content (AvgIpc) is 3.32. The van der Waals surface area contributed by atoms with Gasteiger partial charge in [0.25, 0.3) is 0 Å². The van der Waals surface area contributed by atoms with Crippen molar-refractivity contribution >= 4 is 27.2 Å². The molecule has 0 radical (unpaired) electrons. The summed E-state index contributed by atoms with van der Waals surface area (Å²) in [6, 6.07) is 21.9. The normalized spacial score (nSPS) is 18.0. The molecule has 0 saturated heterocycles. The number of phenols is 1. The predicted molar refractivity (Wildman–Crippen MR) is 150 cm³/mol. The summed E-state index contributed by atoms with van der Waals surface area (Å²) in [6.45, 7) is 1.61. The van der Waals surface area contributed by atoms with Crippen LogP contribution in [0.1, 0.15) is 82.4 Å². The van der Waals surface area contributed by atoms with Gasteiger partial charge in [-0.15, -0.1) is 11.3 Å². The number of carbonyl (C=O) groups excluding carboxylic acids is 1. The third kappa shape index (κ3) is 5.03. The van der Waals surface area contributed by atoms with Gasteiger partial charge in [0.05, 0.1) is 6.61 Å². The van der Waals surface area contributed by atoms with Crippen LogP contribution in [0.3, 0.4) is 0 Å². The van der Waals surface area contributed by atoms with E-state index in [9.17, 15) is 9.90 Å². The second kappa shape index (κ2) is 10.7. The summed E-state index contributed by atoms with van der Waals surface area (Å²) in [5.41, 5.74) is 4.31. The monoisotopic (exact) mass is 511 g/mol. The highest BCUT2D eigenvalue weighted by Crippen LogP contribution is 2.44. The van der Waals surface area contributed by atoms with Crippen LogP contribution in [0.5, 0.6) is 11.5 Å². The number of carbonyl (C=O) groups is 1. The smallest absolute Gasteiger partial charge is 0.194 e. The van der Waals surface area contributed by atoms with Gasteiger partial charge in [0, 0.05) is 38.6 Å². The van der Waals surface area contributed by atoms with E-state index in [4.69, 9.17) is 4.74 Å². The molecule has 190 valence electrons. The van der Waals surface area contributed by atoms with E-state index in [-0.39, 0.29) is 11.5 Å². The molecule has 0 bridgehead atoms. The molecule has 6 rings (SSSR count). The summed E-state index contributed by atoms with van der Waals surface area (Å²) < 4.78 is 7.06. The van der Waals surface area contributed by atoms with Crippen molar-refractivity contribution in [1.29, 1.82) is 0 Å². The number of hydrogen-bond acceptors (Lipinski definition) is 5. The van der Waals surface area contributed by atoms with Crippen molar-refractivity contribution in [3.63, 3.8) is 0 Å². The van der Waals surface area contributed by atoms with Gasteiger partial charge in [0.1, 0.15) is 11.5 Å². The van der Waals surface area contributed by atoms with Crippen molar-refractivity contribution in [3.05, 3.63) is 93.9 Å². The lowest BCUT2D eigenvalue weighted by Gasteiger charge is -2.26. The molecule has 1 unspecified atom stereocenters. The van der Waals surface area contributed by atoms with Crippen LogP contribution in [0.15, 0.2) is 66.7 Å². The van der Waals surface area contributed by atoms with Gasteiger partial charge in [0.2, 0.25) is 0 Å². The van der Waals surface area contributed by atoms with E-state index in [1.165, 1.54) is 35.3 Å². The summed E-state index contributed by atoms with van der Waals surface area (Å²) >= 11 is 1.68. The quantitative estimate of drug-likeness (QED) is 0.252. The molecule has 1 fully saturated rings. The molecule has 4 nitrogen and oxygen atoms in total. The first-order valence-electron chi connectivity index (χ1n) is 13.5. The lowest BCUT2D eigenvalue weighted by Crippen LogP contribution is -2.30. The van der Waals surface area contributed by atoms with Crippen LogP contribution in [0.4, 0.5) is 0 Å². The van der Waals surface area contributed by atoms with Gasteiger partial charge >= 0.3 is 0 Å². The number of thiophene rings is 1. The number of hydrogen-bond donors (Lipinski definition) is 2. The Hall–Kier alpha value is -3.15. The highest BCUT2D eigenvalue weighted by molar-refractivity contribution is 7.19. The van der Waals surface area contributed by atoms with E-state index >= 15 is 0 Å². The van der Waals surface area contributed by atoms with Crippen LogP contribution < -0.4 is 10.1 Å². The van der Waals surface area contributed by atoms with Crippen LogP contribution in [0.2, 0.25) is 0 Å². The molecule has 1 atom stereocenters. The number of ether oxygens (including phenoxy) is 1. The van der Waals surface area contributed by atoms with E-state index in [0.29, 0.717) is 24.1 Å². The number of aromatic hydroxyl groups is 1. The molecule has 1 saturated carbocycles. The zero-order valence-corrected chi connectivity index (χ0v) is 21.9. The fourth-order valence-electron chi connectivity index (χ4n) is 5.98. The SMILES string of the molecule is O=C(c1ccc(OCCC2NCCc3ccccc32)cc1)c1c(C2CCCCC2)sc2cc(O)ccc12. The lowest BCUT2D eigenvalue weighted by atomic mass is 9.85. The lowest BCUT2D eigenvalue weighted by molar-refractivity contribution is 0.103. The Balaban J connectivity index is 1.18. The van der Waals surface area contributed by atoms with Crippen LogP contribution in [0, 0.1) is 0 Å². The van der Waals surface area contributed by atoms with Crippen molar-refractivity contribution in [2.75, 3.05) is 13.2 Å². The summed E-state index contributed by atoms with van der Waals surface area (Å²) in [5.74, 6) is 1.52. The first kappa shape index (κ1) is 24.2. The van der Waals surface area contributed by atoms with Crippen LogP contribution in [-0.4, -0.2) is 24.0 Å².